The Hall–Kier alpha value is -0.820. The molecule has 1 aromatic rings. The highest BCUT2D eigenvalue weighted by molar-refractivity contribution is 7.89. The van der Waals surface area contributed by atoms with E-state index in [0.29, 0.717) is 24.8 Å². The quantitative estimate of drug-likeness (QED) is 0.877. The molecule has 0 radical (unpaired) electrons. The SMILES string of the molecule is O=S(=O)(CC1CCOC1)NC1CCCN(c2ccccc2Cl)C1. The Bertz CT molecular complexity index is 632. The molecule has 5 nitrogen and oxygen atoms in total. The summed E-state index contributed by atoms with van der Waals surface area (Å²) in [5.41, 5.74) is 0.974. The number of hydrogen-bond donors (Lipinski definition) is 1. The summed E-state index contributed by atoms with van der Waals surface area (Å²) in [7, 11) is -3.27. The molecule has 2 aliphatic rings. The van der Waals surface area contributed by atoms with Gasteiger partial charge in [-0.25, -0.2) is 13.1 Å². The van der Waals surface area contributed by atoms with E-state index in [0.717, 1.165) is 31.5 Å². The summed E-state index contributed by atoms with van der Waals surface area (Å²) in [4.78, 5) is 2.16. The number of nitrogens with one attached hydrogen (secondary N) is 1. The molecular weight excluding hydrogens is 336 g/mol. The lowest BCUT2D eigenvalue weighted by Crippen LogP contribution is -2.48. The summed E-state index contributed by atoms with van der Waals surface area (Å²) in [6, 6.07) is 7.64. The molecular formula is C16H23ClN2O3S. The number of rotatable bonds is 5. The fourth-order valence-electron chi connectivity index (χ4n) is 3.33. The van der Waals surface area contributed by atoms with Crippen LogP contribution in [0.25, 0.3) is 0 Å². The van der Waals surface area contributed by atoms with Gasteiger partial charge in [-0.2, -0.15) is 0 Å². The monoisotopic (exact) mass is 358 g/mol. The molecule has 0 aliphatic carbocycles. The predicted molar refractivity (Wildman–Crippen MR) is 92.5 cm³/mol. The largest absolute Gasteiger partial charge is 0.381 e. The molecule has 128 valence electrons. The van der Waals surface area contributed by atoms with Gasteiger partial charge in [0, 0.05) is 25.7 Å². The molecule has 1 N–H and O–H groups in total. The lowest BCUT2D eigenvalue weighted by atomic mass is 10.1. The average molecular weight is 359 g/mol. The van der Waals surface area contributed by atoms with E-state index < -0.39 is 10.0 Å². The first-order chi connectivity index (χ1) is 11.0. The van der Waals surface area contributed by atoms with Gasteiger partial charge in [0.05, 0.1) is 23.1 Å². The van der Waals surface area contributed by atoms with E-state index in [2.05, 4.69) is 9.62 Å². The van der Waals surface area contributed by atoms with Crippen LogP contribution in [0.15, 0.2) is 24.3 Å². The second-order valence-corrected chi connectivity index (χ2v) is 8.57. The Balaban J connectivity index is 1.61. The van der Waals surface area contributed by atoms with E-state index in [-0.39, 0.29) is 17.7 Å². The van der Waals surface area contributed by atoms with Crippen molar-refractivity contribution in [2.75, 3.05) is 37.0 Å². The molecule has 2 heterocycles. The molecule has 0 bridgehead atoms. The van der Waals surface area contributed by atoms with Gasteiger partial charge in [-0.3, -0.25) is 0 Å². The van der Waals surface area contributed by atoms with Crippen LogP contribution >= 0.6 is 11.6 Å². The zero-order valence-corrected chi connectivity index (χ0v) is 14.7. The molecule has 0 aromatic heterocycles. The van der Waals surface area contributed by atoms with E-state index in [4.69, 9.17) is 16.3 Å². The van der Waals surface area contributed by atoms with E-state index in [1.54, 1.807) is 0 Å². The number of piperidine rings is 1. The summed E-state index contributed by atoms with van der Waals surface area (Å²) >= 11 is 6.26. The Kier molecular flexibility index (Phi) is 5.46. The van der Waals surface area contributed by atoms with Crippen molar-refractivity contribution >= 4 is 27.3 Å². The van der Waals surface area contributed by atoms with Crippen molar-refractivity contribution in [3.8, 4) is 0 Å². The van der Waals surface area contributed by atoms with Gasteiger partial charge in [-0.1, -0.05) is 23.7 Å². The molecule has 0 amide bonds. The Morgan fingerprint density at radius 2 is 2.13 bits per heavy atom. The third-order valence-corrected chi connectivity index (χ3v) is 6.36. The maximum atomic E-state index is 12.4. The first-order valence-electron chi connectivity index (χ1n) is 8.11. The van der Waals surface area contributed by atoms with E-state index in [9.17, 15) is 8.42 Å². The van der Waals surface area contributed by atoms with Crippen molar-refractivity contribution in [1.82, 2.24) is 4.72 Å². The predicted octanol–water partition coefficient (Wildman–Crippen LogP) is 2.26. The molecule has 23 heavy (non-hydrogen) atoms. The number of para-hydroxylation sites is 1. The minimum Gasteiger partial charge on any atom is -0.381 e. The second-order valence-electron chi connectivity index (χ2n) is 6.37. The van der Waals surface area contributed by atoms with Gasteiger partial charge in [-0.15, -0.1) is 0 Å². The topological polar surface area (TPSA) is 58.6 Å². The summed E-state index contributed by atoms with van der Waals surface area (Å²) in [5.74, 6) is 0.283. The van der Waals surface area contributed by atoms with Crippen LogP contribution in [0.5, 0.6) is 0 Å². The molecule has 1 aromatic carbocycles. The van der Waals surface area contributed by atoms with Crippen molar-refractivity contribution < 1.29 is 13.2 Å². The summed E-state index contributed by atoms with van der Waals surface area (Å²) in [5, 5.41) is 0.708. The first-order valence-corrected chi connectivity index (χ1v) is 10.1. The van der Waals surface area contributed by atoms with Crippen LogP contribution < -0.4 is 9.62 Å². The van der Waals surface area contributed by atoms with Gasteiger partial charge in [0.1, 0.15) is 0 Å². The minimum absolute atomic E-state index is 0.0626. The molecule has 2 unspecified atom stereocenters. The molecule has 3 rings (SSSR count). The molecule has 2 fully saturated rings. The number of nitrogens with zero attached hydrogens (tertiary/aromatic N) is 1. The normalized spacial score (nSPS) is 25.7. The van der Waals surface area contributed by atoms with Crippen molar-refractivity contribution in [2.24, 2.45) is 5.92 Å². The fourth-order valence-corrected chi connectivity index (χ4v) is 5.26. The smallest absolute Gasteiger partial charge is 0.212 e. The third-order valence-electron chi connectivity index (χ3n) is 4.44. The fraction of sp³-hybridized carbons (Fsp3) is 0.625. The van der Waals surface area contributed by atoms with Gasteiger partial charge >= 0.3 is 0 Å². The molecule has 2 aliphatic heterocycles. The van der Waals surface area contributed by atoms with Crippen LogP contribution in [0.4, 0.5) is 5.69 Å². The van der Waals surface area contributed by atoms with Gasteiger partial charge in [-0.05, 0) is 37.3 Å². The van der Waals surface area contributed by atoms with Gasteiger partial charge < -0.3 is 9.64 Å². The lowest BCUT2D eigenvalue weighted by Gasteiger charge is -2.35. The number of ether oxygens (including phenoxy) is 1. The highest BCUT2D eigenvalue weighted by atomic mass is 35.5. The summed E-state index contributed by atoms with van der Waals surface area (Å²) in [6.45, 7) is 2.78. The zero-order valence-electron chi connectivity index (χ0n) is 13.1. The molecule has 2 saturated heterocycles. The molecule has 7 heteroatoms. The number of hydrogen-bond acceptors (Lipinski definition) is 4. The van der Waals surface area contributed by atoms with Crippen LogP contribution in [-0.4, -0.2) is 46.5 Å². The van der Waals surface area contributed by atoms with Gasteiger partial charge in [0.15, 0.2) is 0 Å². The van der Waals surface area contributed by atoms with Crippen LogP contribution in [0.3, 0.4) is 0 Å². The second kappa shape index (κ2) is 7.38. The Morgan fingerprint density at radius 1 is 1.30 bits per heavy atom. The van der Waals surface area contributed by atoms with Crippen molar-refractivity contribution in [1.29, 1.82) is 0 Å². The molecule has 0 spiro atoms. The first kappa shape index (κ1) is 17.0. The number of anilines is 1. The number of sulfonamides is 1. The average Bonchev–Trinajstić information content (AvgIpc) is 2.99. The highest BCUT2D eigenvalue weighted by Gasteiger charge is 2.28. The van der Waals surface area contributed by atoms with E-state index >= 15 is 0 Å². The van der Waals surface area contributed by atoms with Gasteiger partial charge in [0.2, 0.25) is 10.0 Å². The number of benzene rings is 1. The zero-order chi connectivity index (χ0) is 16.3. The van der Waals surface area contributed by atoms with Crippen LogP contribution in [0, 0.1) is 5.92 Å². The van der Waals surface area contributed by atoms with Crippen LogP contribution in [-0.2, 0) is 14.8 Å². The Morgan fingerprint density at radius 3 is 2.87 bits per heavy atom. The molecule has 2 atom stereocenters. The molecule has 0 saturated carbocycles. The van der Waals surface area contributed by atoms with Crippen molar-refractivity contribution in [3.63, 3.8) is 0 Å². The van der Waals surface area contributed by atoms with Crippen molar-refractivity contribution in [3.05, 3.63) is 29.3 Å². The van der Waals surface area contributed by atoms with Gasteiger partial charge in [0.25, 0.3) is 0 Å². The maximum absolute atomic E-state index is 12.4. The van der Waals surface area contributed by atoms with Crippen LogP contribution in [0.1, 0.15) is 19.3 Å². The highest BCUT2D eigenvalue weighted by Crippen LogP contribution is 2.28. The number of halogens is 1. The third kappa shape index (κ3) is 4.59. The maximum Gasteiger partial charge on any atom is 0.212 e. The van der Waals surface area contributed by atoms with E-state index in [1.807, 2.05) is 24.3 Å². The van der Waals surface area contributed by atoms with Crippen molar-refractivity contribution in [2.45, 2.75) is 25.3 Å². The Labute approximate surface area is 143 Å². The van der Waals surface area contributed by atoms with Crippen LogP contribution in [0.2, 0.25) is 5.02 Å². The van der Waals surface area contributed by atoms with E-state index in [1.165, 1.54) is 0 Å². The minimum atomic E-state index is -3.27. The lowest BCUT2D eigenvalue weighted by molar-refractivity contribution is 0.188. The standard InChI is InChI=1S/C16H23ClN2O3S/c17-15-5-1-2-6-16(15)19-8-3-4-14(10-19)18-23(20,21)12-13-7-9-22-11-13/h1-2,5-6,13-14,18H,3-4,7-12H2. The summed E-state index contributed by atoms with van der Waals surface area (Å²) in [6.07, 6.45) is 2.64. The summed E-state index contributed by atoms with van der Waals surface area (Å²) < 4.78 is 32.8.